The zero-order valence-corrected chi connectivity index (χ0v) is 20.1. The summed E-state index contributed by atoms with van der Waals surface area (Å²) in [6.07, 6.45) is 0. The molecule has 4 rings (SSSR count). The van der Waals surface area contributed by atoms with Gasteiger partial charge in [-0.2, -0.15) is 0 Å². The zero-order chi connectivity index (χ0) is 24.9. The second-order valence-corrected chi connectivity index (χ2v) is 8.95. The standard InChI is InChI=1S/C28H30N4O3/c1-18(17-33)29-27(34)21-11-14-23-24(15-21)31-28(35)25(23)26(20-7-5-4-6-8-20)30-22-12-9-19(10-13-22)16-32(2)3/h4-15,18,30,33H,16-17H2,1-3H3,(H,29,34)(H,31,35)/b26-25-/t18-/m1/s1. The maximum atomic E-state index is 13.2. The van der Waals surface area contributed by atoms with Crippen molar-refractivity contribution >= 4 is 34.5 Å². The third kappa shape index (κ3) is 5.59. The Hall–Kier alpha value is -3.94. The van der Waals surface area contributed by atoms with Crippen LogP contribution in [0.5, 0.6) is 0 Å². The predicted octanol–water partition coefficient (Wildman–Crippen LogP) is 3.79. The fourth-order valence-electron chi connectivity index (χ4n) is 4.00. The first-order valence-electron chi connectivity index (χ1n) is 11.5. The Labute approximate surface area is 205 Å². The number of nitrogens with one attached hydrogen (secondary N) is 3. The molecule has 7 nitrogen and oxygen atoms in total. The van der Waals surface area contributed by atoms with E-state index in [1.54, 1.807) is 25.1 Å². The van der Waals surface area contributed by atoms with E-state index in [2.05, 4.69) is 33.0 Å². The molecule has 3 aromatic carbocycles. The van der Waals surface area contributed by atoms with Crippen molar-refractivity contribution in [2.45, 2.75) is 19.5 Å². The van der Waals surface area contributed by atoms with Crippen LogP contribution < -0.4 is 16.0 Å². The van der Waals surface area contributed by atoms with Crippen LogP contribution in [0.15, 0.2) is 72.8 Å². The van der Waals surface area contributed by atoms with Gasteiger partial charge in [-0.15, -0.1) is 0 Å². The molecule has 3 aromatic rings. The van der Waals surface area contributed by atoms with Crippen LogP contribution in [0.1, 0.15) is 34.0 Å². The van der Waals surface area contributed by atoms with E-state index in [4.69, 9.17) is 0 Å². The summed E-state index contributed by atoms with van der Waals surface area (Å²) < 4.78 is 0. The summed E-state index contributed by atoms with van der Waals surface area (Å²) in [4.78, 5) is 27.8. The van der Waals surface area contributed by atoms with Crippen LogP contribution in [-0.2, 0) is 11.3 Å². The van der Waals surface area contributed by atoms with Crippen LogP contribution in [-0.4, -0.2) is 48.6 Å². The first-order chi connectivity index (χ1) is 16.9. The molecule has 0 bridgehead atoms. The van der Waals surface area contributed by atoms with Crippen molar-refractivity contribution < 1.29 is 14.7 Å². The summed E-state index contributed by atoms with van der Waals surface area (Å²) in [5.74, 6) is -0.544. The molecule has 0 unspecified atom stereocenters. The molecule has 1 atom stereocenters. The largest absolute Gasteiger partial charge is 0.394 e. The molecule has 35 heavy (non-hydrogen) atoms. The van der Waals surface area contributed by atoms with E-state index in [0.29, 0.717) is 22.5 Å². The highest BCUT2D eigenvalue weighted by Gasteiger charge is 2.29. The minimum Gasteiger partial charge on any atom is -0.394 e. The lowest BCUT2D eigenvalue weighted by Gasteiger charge is -2.16. The summed E-state index contributed by atoms with van der Waals surface area (Å²) in [5.41, 5.74) is 5.85. The van der Waals surface area contributed by atoms with Crippen LogP contribution in [0, 0.1) is 0 Å². The summed E-state index contributed by atoms with van der Waals surface area (Å²) in [7, 11) is 4.06. The fourth-order valence-corrected chi connectivity index (χ4v) is 4.00. The molecule has 0 aromatic heterocycles. The van der Waals surface area contributed by atoms with Crippen molar-refractivity contribution in [3.8, 4) is 0 Å². The average molecular weight is 471 g/mol. The number of rotatable bonds is 8. The van der Waals surface area contributed by atoms with E-state index in [9.17, 15) is 14.7 Å². The normalized spacial score (nSPS) is 14.8. The fraction of sp³-hybridized carbons (Fsp3) is 0.214. The van der Waals surface area contributed by atoms with E-state index in [-0.39, 0.29) is 24.5 Å². The van der Waals surface area contributed by atoms with Crippen LogP contribution in [0.2, 0.25) is 0 Å². The molecule has 0 saturated carbocycles. The number of fused-ring (bicyclic) bond motifs is 1. The van der Waals surface area contributed by atoms with Gasteiger partial charge in [-0.3, -0.25) is 9.59 Å². The Morgan fingerprint density at radius 3 is 2.37 bits per heavy atom. The quantitative estimate of drug-likeness (QED) is 0.376. The molecular formula is C28H30N4O3. The number of carbonyl (C=O) groups is 2. The lowest BCUT2D eigenvalue weighted by atomic mass is 9.98. The van der Waals surface area contributed by atoms with Gasteiger partial charge >= 0.3 is 0 Å². The van der Waals surface area contributed by atoms with Gasteiger partial charge in [0.25, 0.3) is 11.8 Å². The Bertz CT molecular complexity index is 1250. The van der Waals surface area contributed by atoms with Crippen molar-refractivity contribution in [2.75, 3.05) is 31.3 Å². The number of anilines is 2. The molecular weight excluding hydrogens is 440 g/mol. The minimum absolute atomic E-state index is 0.150. The Kier molecular flexibility index (Phi) is 7.29. The maximum Gasteiger partial charge on any atom is 0.258 e. The number of aliphatic hydroxyl groups excluding tert-OH is 1. The molecule has 0 saturated heterocycles. The third-order valence-electron chi connectivity index (χ3n) is 5.71. The van der Waals surface area contributed by atoms with E-state index in [1.807, 2.05) is 56.6 Å². The topological polar surface area (TPSA) is 93.7 Å². The second kappa shape index (κ2) is 10.5. The minimum atomic E-state index is -0.362. The monoisotopic (exact) mass is 470 g/mol. The number of benzene rings is 3. The molecule has 2 amide bonds. The molecule has 1 heterocycles. The summed E-state index contributed by atoms with van der Waals surface area (Å²) >= 11 is 0. The predicted molar refractivity (Wildman–Crippen MR) is 140 cm³/mol. The first-order valence-corrected chi connectivity index (χ1v) is 11.5. The second-order valence-electron chi connectivity index (χ2n) is 8.95. The van der Waals surface area contributed by atoms with Crippen molar-refractivity contribution in [1.29, 1.82) is 0 Å². The Morgan fingerprint density at radius 1 is 1.00 bits per heavy atom. The summed E-state index contributed by atoms with van der Waals surface area (Å²) in [6, 6.07) is 22.6. The number of aliphatic hydroxyl groups is 1. The van der Waals surface area contributed by atoms with E-state index < -0.39 is 0 Å². The van der Waals surface area contributed by atoms with Gasteiger partial charge in [-0.1, -0.05) is 48.5 Å². The van der Waals surface area contributed by atoms with Gasteiger partial charge in [0.1, 0.15) is 0 Å². The number of hydrogen-bond acceptors (Lipinski definition) is 5. The highest BCUT2D eigenvalue weighted by atomic mass is 16.3. The molecule has 7 heteroatoms. The van der Waals surface area contributed by atoms with Crippen molar-refractivity contribution in [1.82, 2.24) is 10.2 Å². The van der Waals surface area contributed by atoms with Crippen molar-refractivity contribution in [3.05, 3.63) is 95.1 Å². The number of amides is 2. The smallest absolute Gasteiger partial charge is 0.258 e. The number of nitrogens with zero attached hydrogens (tertiary/aromatic N) is 1. The van der Waals surface area contributed by atoms with Gasteiger partial charge < -0.3 is 26.0 Å². The maximum absolute atomic E-state index is 13.2. The van der Waals surface area contributed by atoms with Crippen molar-refractivity contribution in [3.63, 3.8) is 0 Å². The summed E-state index contributed by atoms with van der Waals surface area (Å²) in [6.45, 7) is 2.41. The van der Waals surface area contributed by atoms with E-state index in [0.717, 1.165) is 23.4 Å². The van der Waals surface area contributed by atoms with Gasteiger partial charge in [-0.05, 0) is 56.4 Å². The lowest BCUT2D eigenvalue weighted by Crippen LogP contribution is -2.34. The van der Waals surface area contributed by atoms with Gasteiger partial charge in [-0.25, -0.2) is 0 Å². The highest BCUT2D eigenvalue weighted by molar-refractivity contribution is 6.37. The van der Waals surface area contributed by atoms with Crippen molar-refractivity contribution in [2.24, 2.45) is 0 Å². The average Bonchev–Trinajstić information content (AvgIpc) is 3.18. The number of carbonyl (C=O) groups excluding carboxylic acids is 2. The molecule has 4 N–H and O–H groups in total. The molecule has 0 radical (unpaired) electrons. The lowest BCUT2D eigenvalue weighted by molar-refractivity contribution is -0.110. The Morgan fingerprint density at radius 2 is 1.71 bits per heavy atom. The molecule has 0 spiro atoms. The molecule has 1 aliphatic heterocycles. The van der Waals surface area contributed by atoms with Gasteiger partial charge in [0.05, 0.1) is 17.9 Å². The van der Waals surface area contributed by atoms with Crippen LogP contribution >= 0.6 is 0 Å². The number of hydrogen-bond donors (Lipinski definition) is 4. The molecule has 0 fully saturated rings. The summed E-state index contributed by atoms with van der Waals surface area (Å²) in [5, 5.41) is 18.3. The Balaban J connectivity index is 1.73. The molecule has 180 valence electrons. The van der Waals surface area contributed by atoms with Gasteiger partial charge in [0, 0.05) is 35.1 Å². The SMILES string of the molecule is C[C@H](CO)NC(=O)c1ccc2c(c1)NC(=O)/C2=C(\Nc1ccc(CN(C)C)cc1)c1ccccc1. The van der Waals surface area contributed by atoms with E-state index in [1.165, 1.54) is 5.56 Å². The molecule has 0 aliphatic carbocycles. The molecule has 1 aliphatic rings. The highest BCUT2D eigenvalue weighted by Crippen LogP contribution is 2.38. The van der Waals surface area contributed by atoms with Gasteiger partial charge in [0.15, 0.2) is 0 Å². The first kappa shape index (κ1) is 24.2. The van der Waals surface area contributed by atoms with Crippen LogP contribution in [0.25, 0.3) is 11.3 Å². The van der Waals surface area contributed by atoms with Gasteiger partial charge in [0.2, 0.25) is 0 Å². The van der Waals surface area contributed by atoms with E-state index >= 15 is 0 Å². The van der Waals surface area contributed by atoms with Crippen LogP contribution in [0.4, 0.5) is 11.4 Å². The van der Waals surface area contributed by atoms with Crippen LogP contribution in [0.3, 0.4) is 0 Å². The third-order valence-corrected chi connectivity index (χ3v) is 5.71. The zero-order valence-electron chi connectivity index (χ0n) is 20.1.